The average Bonchev–Trinajstić information content (AvgIpc) is 2.97. The van der Waals surface area contributed by atoms with E-state index in [1.165, 1.54) is 39.2 Å². The van der Waals surface area contributed by atoms with E-state index in [4.69, 9.17) is 10.5 Å². The van der Waals surface area contributed by atoms with Crippen LogP contribution in [0, 0.1) is 5.92 Å². The van der Waals surface area contributed by atoms with Gasteiger partial charge in [0.1, 0.15) is 0 Å². The lowest BCUT2D eigenvalue weighted by molar-refractivity contribution is 0.308. The van der Waals surface area contributed by atoms with Crippen LogP contribution in [0.25, 0.3) is 11.3 Å². The molecule has 2 aromatic rings. The van der Waals surface area contributed by atoms with E-state index in [0.717, 1.165) is 23.7 Å². The number of rotatable bonds is 4. The molecule has 2 aromatic heterocycles. The molecule has 0 unspecified atom stereocenters. The van der Waals surface area contributed by atoms with Crippen molar-refractivity contribution in [1.82, 2.24) is 19.7 Å². The van der Waals surface area contributed by atoms with Crippen molar-refractivity contribution in [3.8, 4) is 17.1 Å². The van der Waals surface area contributed by atoms with Crippen molar-refractivity contribution in [3.05, 3.63) is 18.6 Å². The van der Waals surface area contributed by atoms with Crippen molar-refractivity contribution < 1.29 is 4.74 Å². The smallest absolute Gasteiger partial charge is 0.257 e. The van der Waals surface area contributed by atoms with E-state index >= 15 is 0 Å². The lowest BCUT2D eigenvalue weighted by Gasteiger charge is -2.21. The number of nitrogens with zero attached hydrogens (tertiary/aromatic N) is 4. The van der Waals surface area contributed by atoms with Gasteiger partial charge in [-0.05, 0) is 18.8 Å². The van der Waals surface area contributed by atoms with E-state index < -0.39 is 0 Å². The van der Waals surface area contributed by atoms with Gasteiger partial charge in [-0.15, -0.1) is 0 Å². The maximum Gasteiger partial charge on any atom is 0.257 e. The first-order valence-electron chi connectivity index (χ1n) is 7.45. The minimum Gasteiger partial charge on any atom is -0.478 e. The largest absolute Gasteiger partial charge is 0.478 e. The summed E-state index contributed by atoms with van der Waals surface area (Å²) < 4.78 is 7.12. The minimum absolute atomic E-state index is 0.302. The van der Waals surface area contributed by atoms with Crippen LogP contribution in [0.2, 0.25) is 0 Å². The number of anilines is 1. The Hall–Kier alpha value is -2.11. The predicted molar refractivity (Wildman–Crippen MR) is 80.8 cm³/mol. The molecule has 6 heteroatoms. The Kier molecular flexibility index (Phi) is 4.03. The Balaban J connectivity index is 1.74. The Morgan fingerprint density at radius 1 is 1.29 bits per heavy atom. The van der Waals surface area contributed by atoms with Crippen molar-refractivity contribution >= 4 is 5.82 Å². The van der Waals surface area contributed by atoms with Crippen LogP contribution in [0.4, 0.5) is 5.82 Å². The fourth-order valence-corrected chi connectivity index (χ4v) is 2.90. The third kappa shape index (κ3) is 3.15. The molecule has 112 valence electrons. The molecule has 0 atom stereocenters. The van der Waals surface area contributed by atoms with Crippen molar-refractivity contribution in [2.75, 3.05) is 12.8 Å². The van der Waals surface area contributed by atoms with Crippen molar-refractivity contribution in [3.63, 3.8) is 0 Å². The van der Waals surface area contributed by atoms with Crippen molar-refractivity contribution in [1.29, 1.82) is 0 Å². The van der Waals surface area contributed by atoms with Gasteiger partial charge in [-0.25, -0.2) is 9.97 Å². The summed E-state index contributed by atoms with van der Waals surface area (Å²) >= 11 is 0. The first kappa shape index (κ1) is 13.9. The first-order chi connectivity index (χ1) is 10.3. The van der Waals surface area contributed by atoms with E-state index in [-0.39, 0.29) is 0 Å². The van der Waals surface area contributed by atoms with Gasteiger partial charge in [-0.2, -0.15) is 5.10 Å². The second-order valence-electron chi connectivity index (χ2n) is 5.60. The highest BCUT2D eigenvalue weighted by Gasteiger charge is 2.15. The average molecular weight is 287 g/mol. The molecule has 1 aliphatic rings. The second kappa shape index (κ2) is 6.11. The van der Waals surface area contributed by atoms with E-state index in [1.54, 1.807) is 6.20 Å². The highest BCUT2D eigenvalue weighted by Crippen LogP contribution is 2.26. The number of ether oxygens (including phenoxy) is 1. The van der Waals surface area contributed by atoms with Gasteiger partial charge in [-0.3, -0.25) is 4.68 Å². The van der Waals surface area contributed by atoms with E-state index in [0.29, 0.717) is 11.7 Å². The molecule has 1 aliphatic carbocycles. The minimum atomic E-state index is 0.302. The highest BCUT2D eigenvalue weighted by atomic mass is 16.5. The lowest BCUT2D eigenvalue weighted by Crippen LogP contribution is -2.14. The SMILES string of the molecule is COc1nc(-c2cnn(CC3CCCCC3)c2)cnc1N. The summed E-state index contributed by atoms with van der Waals surface area (Å²) in [5.41, 5.74) is 7.36. The number of nitrogen functional groups attached to an aromatic ring is 1. The van der Waals surface area contributed by atoms with Gasteiger partial charge >= 0.3 is 0 Å². The molecule has 0 aliphatic heterocycles. The van der Waals surface area contributed by atoms with Gasteiger partial charge in [0.2, 0.25) is 0 Å². The van der Waals surface area contributed by atoms with E-state index in [1.807, 2.05) is 17.1 Å². The predicted octanol–water partition coefficient (Wildman–Crippen LogP) is 2.51. The summed E-state index contributed by atoms with van der Waals surface area (Å²) in [7, 11) is 1.54. The van der Waals surface area contributed by atoms with Gasteiger partial charge in [0.05, 0.1) is 25.2 Å². The number of hydrogen-bond donors (Lipinski definition) is 1. The van der Waals surface area contributed by atoms with Crippen LogP contribution >= 0.6 is 0 Å². The molecule has 21 heavy (non-hydrogen) atoms. The fraction of sp³-hybridized carbons (Fsp3) is 0.533. The van der Waals surface area contributed by atoms with Crippen LogP contribution in [-0.2, 0) is 6.54 Å². The van der Waals surface area contributed by atoms with Crippen LogP contribution in [0.15, 0.2) is 18.6 Å². The van der Waals surface area contributed by atoms with Crippen LogP contribution in [0.3, 0.4) is 0 Å². The summed E-state index contributed by atoms with van der Waals surface area (Å²) in [6.45, 7) is 0.986. The van der Waals surface area contributed by atoms with Gasteiger partial charge in [0.25, 0.3) is 5.88 Å². The summed E-state index contributed by atoms with van der Waals surface area (Å²) in [5.74, 6) is 1.40. The van der Waals surface area contributed by atoms with Gasteiger partial charge in [0.15, 0.2) is 5.82 Å². The monoisotopic (exact) mass is 287 g/mol. The Morgan fingerprint density at radius 2 is 2.10 bits per heavy atom. The molecule has 0 radical (unpaired) electrons. The quantitative estimate of drug-likeness (QED) is 0.934. The number of aromatic nitrogens is 4. The molecule has 3 rings (SSSR count). The summed E-state index contributed by atoms with van der Waals surface area (Å²) in [6, 6.07) is 0. The van der Waals surface area contributed by atoms with Crippen LogP contribution in [0.5, 0.6) is 5.88 Å². The summed E-state index contributed by atoms with van der Waals surface area (Å²) in [5, 5.41) is 4.44. The molecule has 2 heterocycles. The third-order valence-electron chi connectivity index (χ3n) is 4.06. The van der Waals surface area contributed by atoms with Crippen LogP contribution in [0.1, 0.15) is 32.1 Å². The third-order valence-corrected chi connectivity index (χ3v) is 4.06. The van der Waals surface area contributed by atoms with Crippen molar-refractivity contribution in [2.45, 2.75) is 38.6 Å². The van der Waals surface area contributed by atoms with Crippen molar-refractivity contribution in [2.24, 2.45) is 5.92 Å². The molecule has 1 fully saturated rings. The molecular formula is C15H21N5O. The zero-order valence-corrected chi connectivity index (χ0v) is 12.3. The number of nitrogens with two attached hydrogens (primary N) is 1. The normalized spacial score (nSPS) is 16.0. The zero-order chi connectivity index (χ0) is 14.7. The zero-order valence-electron chi connectivity index (χ0n) is 12.3. The molecule has 0 bridgehead atoms. The molecule has 0 amide bonds. The molecule has 0 spiro atoms. The fourth-order valence-electron chi connectivity index (χ4n) is 2.90. The van der Waals surface area contributed by atoms with Gasteiger partial charge < -0.3 is 10.5 Å². The molecule has 0 aromatic carbocycles. The number of methoxy groups -OCH3 is 1. The standard InChI is InChI=1S/C15H21N5O/c1-21-15-14(16)17-8-13(19-15)12-7-18-20(10-12)9-11-5-3-2-4-6-11/h7-8,10-11H,2-6,9H2,1H3,(H2,16,17). The molecule has 6 nitrogen and oxygen atoms in total. The maximum absolute atomic E-state index is 5.69. The maximum atomic E-state index is 5.69. The molecular weight excluding hydrogens is 266 g/mol. The van der Waals surface area contributed by atoms with Gasteiger partial charge in [-0.1, -0.05) is 19.3 Å². The Labute approximate surface area is 124 Å². The van der Waals surface area contributed by atoms with E-state index in [2.05, 4.69) is 15.1 Å². The lowest BCUT2D eigenvalue weighted by atomic mass is 9.89. The summed E-state index contributed by atoms with van der Waals surface area (Å²) in [6.07, 6.45) is 12.2. The Bertz CT molecular complexity index is 604. The summed E-state index contributed by atoms with van der Waals surface area (Å²) in [4.78, 5) is 8.46. The Morgan fingerprint density at radius 3 is 2.86 bits per heavy atom. The molecule has 1 saturated carbocycles. The van der Waals surface area contributed by atoms with Crippen LogP contribution in [-0.4, -0.2) is 26.9 Å². The number of hydrogen-bond acceptors (Lipinski definition) is 5. The molecule has 0 saturated heterocycles. The van der Waals surface area contributed by atoms with Gasteiger partial charge in [0, 0.05) is 18.3 Å². The highest BCUT2D eigenvalue weighted by molar-refractivity contribution is 5.58. The van der Waals surface area contributed by atoms with E-state index in [9.17, 15) is 0 Å². The van der Waals surface area contributed by atoms with Crippen LogP contribution < -0.4 is 10.5 Å². The topological polar surface area (TPSA) is 78.9 Å². The first-order valence-corrected chi connectivity index (χ1v) is 7.45. The second-order valence-corrected chi connectivity index (χ2v) is 5.60. The molecule has 2 N–H and O–H groups in total.